The Morgan fingerprint density at radius 2 is 1.94 bits per heavy atom. The highest BCUT2D eigenvalue weighted by molar-refractivity contribution is 7.89. The number of rotatable bonds is 5. The molecule has 1 fully saturated rings. The summed E-state index contributed by atoms with van der Waals surface area (Å²) >= 11 is 0. The molecule has 4 rings (SSSR count). The number of carbonyl (C=O) groups excluding carboxylic acids is 1. The minimum atomic E-state index is -3.69. The van der Waals surface area contributed by atoms with Crippen LogP contribution in [-0.4, -0.2) is 49.4 Å². The second-order valence-electron chi connectivity index (χ2n) is 8.29. The minimum absolute atomic E-state index is 0.0700. The van der Waals surface area contributed by atoms with Crippen LogP contribution in [0.2, 0.25) is 0 Å². The molecule has 0 radical (unpaired) electrons. The molecular weight excluding hydrogens is 419 g/mol. The van der Waals surface area contributed by atoms with E-state index in [2.05, 4.69) is 4.72 Å². The van der Waals surface area contributed by atoms with E-state index in [0.29, 0.717) is 30.5 Å². The molecule has 0 amide bonds. The van der Waals surface area contributed by atoms with Gasteiger partial charge in [0.05, 0.1) is 10.9 Å². The van der Waals surface area contributed by atoms with Gasteiger partial charge < -0.3 is 5.11 Å². The molecule has 2 aliphatic rings. The summed E-state index contributed by atoms with van der Waals surface area (Å²) in [5.74, 6) is -0.504. The summed E-state index contributed by atoms with van der Waals surface area (Å²) in [6.45, 7) is 2.40. The first-order chi connectivity index (χ1) is 14.8. The fourth-order valence-electron chi connectivity index (χ4n) is 5.00. The van der Waals surface area contributed by atoms with Crippen molar-refractivity contribution in [2.45, 2.75) is 55.2 Å². The number of hydrogen-bond acceptors (Lipinski definition) is 5. The van der Waals surface area contributed by atoms with Crippen LogP contribution in [0.3, 0.4) is 0 Å². The van der Waals surface area contributed by atoms with E-state index in [1.54, 1.807) is 18.2 Å². The standard InChI is InChI=1S/C23H27FN2O4S/c1-2-21(23(28)15-25-31(29,30)20-9-4-3-7-18(20)23)26-14-6-5-8-19(26)22(27)16-10-12-17(24)13-11-16/h3-4,7,9-13,19,21,25,28H,2,5-6,8,14-15H2,1H3. The maximum absolute atomic E-state index is 13.3. The Morgan fingerprint density at radius 3 is 2.65 bits per heavy atom. The van der Waals surface area contributed by atoms with Gasteiger partial charge >= 0.3 is 0 Å². The van der Waals surface area contributed by atoms with E-state index in [0.717, 1.165) is 12.8 Å². The van der Waals surface area contributed by atoms with Gasteiger partial charge in [-0.25, -0.2) is 17.5 Å². The lowest BCUT2D eigenvalue weighted by Crippen LogP contribution is -2.62. The lowest BCUT2D eigenvalue weighted by molar-refractivity contribution is -0.0706. The molecule has 166 valence electrons. The number of nitrogens with zero attached hydrogens (tertiary/aromatic N) is 1. The summed E-state index contributed by atoms with van der Waals surface area (Å²) < 4.78 is 40.9. The van der Waals surface area contributed by atoms with Gasteiger partial charge in [-0.05, 0) is 56.1 Å². The SMILES string of the molecule is CCC(N1CCCCC1C(=O)c1ccc(F)cc1)C1(O)CNS(=O)(=O)c2ccccc21. The molecule has 0 aliphatic carbocycles. The summed E-state index contributed by atoms with van der Waals surface area (Å²) in [5, 5.41) is 11.8. The topological polar surface area (TPSA) is 86.7 Å². The number of fused-ring (bicyclic) bond motifs is 1. The van der Waals surface area contributed by atoms with E-state index >= 15 is 0 Å². The van der Waals surface area contributed by atoms with Crippen LogP contribution >= 0.6 is 0 Å². The molecule has 6 nitrogen and oxygen atoms in total. The number of piperidine rings is 1. The number of ketones is 1. The number of halogens is 1. The zero-order chi connectivity index (χ0) is 22.2. The number of aliphatic hydroxyl groups is 1. The molecule has 0 saturated carbocycles. The zero-order valence-corrected chi connectivity index (χ0v) is 18.2. The van der Waals surface area contributed by atoms with Crippen molar-refractivity contribution in [2.75, 3.05) is 13.1 Å². The van der Waals surface area contributed by atoms with E-state index < -0.39 is 33.5 Å². The van der Waals surface area contributed by atoms with Crippen LogP contribution in [0, 0.1) is 5.82 Å². The highest BCUT2D eigenvalue weighted by Gasteiger charge is 2.49. The third-order valence-electron chi connectivity index (χ3n) is 6.49. The number of Topliss-reactive ketones (excluding diaryl/α,β-unsaturated/α-hetero) is 1. The van der Waals surface area contributed by atoms with Gasteiger partial charge in [0, 0.05) is 23.7 Å². The summed E-state index contributed by atoms with van der Waals surface area (Å²) in [4.78, 5) is 15.4. The molecule has 2 aromatic rings. The molecule has 2 aliphatic heterocycles. The van der Waals surface area contributed by atoms with Gasteiger partial charge in [0.1, 0.15) is 11.4 Å². The van der Waals surface area contributed by atoms with E-state index in [1.807, 2.05) is 11.8 Å². The fraction of sp³-hybridized carbons (Fsp3) is 0.435. The number of hydrogen-bond donors (Lipinski definition) is 2. The quantitative estimate of drug-likeness (QED) is 0.690. The number of carbonyl (C=O) groups is 1. The first kappa shape index (κ1) is 22.1. The van der Waals surface area contributed by atoms with Crippen molar-refractivity contribution in [2.24, 2.45) is 0 Å². The Balaban J connectivity index is 1.73. The number of nitrogens with one attached hydrogen (secondary N) is 1. The molecule has 2 N–H and O–H groups in total. The van der Waals surface area contributed by atoms with E-state index in [-0.39, 0.29) is 17.2 Å². The van der Waals surface area contributed by atoms with Crippen LogP contribution in [0.5, 0.6) is 0 Å². The van der Waals surface area contributed by atoms with Crippen molar-refractivity contribution >= 4 is 15.8 Å². The summed E-state index contributed by atoms with van der Waals surface area (Å²) in [5.41, 5.74) is -0.681. The fourth-order valence-corrected chi connectivity index (χ4v) is 6.35. The largest absolute Gasteiger partial charge is 0.382 e. The average molecular weight is 447 g/mol. The van der Waals surface area contributed by atoms with Crippen LogP contribution in [0.4, 0.5) is 4.39 Å². The third-order valence-corrected chi connectivity index (χ3v) is 7.95. The molecule has 2 aromatic carbocycles. The van der Waals surface area contributed by atoms with Crippen molar-refractivity contribution in [1.29, 1.82) is 0 Å². The van der Waals surface area contributed by atoms with Gasteiger partial charge in [0.15, 0.2) is 5.78 Å². The van der Waals surface area contributed by atoms with Crippen LogP contribution in [0.1, 0.15) is 48.5 Å². The Morgan fingerprint density at radius 1 is 1.23 bits per heavy atom. The lowest BCUT2D eigenvalue weighted by Gasteiger charge is -2.49. The van der Waals surface area contributed by atoms with Crippen LogP contribution in [0.15, 0.2) is 53.4 Å². The van der Waals surface area contributed by atoms with Crippen LogP contribution in [0.25, 0.3) is 0 Å². The highest BCUT2D eigenvalue weighted by atomic mass is 32.2. The maximum Gasteiger partial charge on any atom is 0.241 e. The average Bonchev–Trinajstić information content (AvgIpc) is 2.78. The van der Waals surface area contributed by atoms with Crippen LogP contribution < -0.4 is 4.72 Å². The third kappa shape index (κ3) is 3.93. The molecule has 0 spiro atoms. The first-order valence-electron chi connectivity index (χ1n) is 10.6. The Kier molecular flexibility index (Phi) is 6.00. The number of sulfonamides is 1. The zero-order valence-electron chi connectivity index (χ0n) is 17.4. The van der Waals surface area contributed by atoms with Crippen molar-refractivity contribution < 1.29 is 22.7 Å². The number of β-amino-alcohol motifs (C(OH)–C–C–N with tert-alkyl or cyclic N) is 1. The second-order valence-corrected chi connectivity index (χ2v) is 10.0. The maximum atomic E-state index is 13.3. The van der Waals surface area contributed by atoms with E-state index in [9.17, 15) is 22.7 Å². The molecule has 0 bridgehead atoms. The molecule has 2 heterocycles. The van der Waals surface area contributed by atoms with Gasteiger partial charge in [-0.1, -0.05) is 31.5 Å². The van der Waals surface area contributed by atoms with Crippen molar-refractivity contribution in [3.63, 3.8) is 0 Å². The smallest absolute Gasteiger partial charge is 0.241 e. The normalized spacial score (nSPS) is 26.7. The van der Waals surface area contributed by atoms with E-state index in [4.69, 9.17) is 0 Å². The number of benzene rings is 2. The molecule has 0 aromatic heterocycles. The van der Waals surface area contributed by atoms with Crippen molar-refractivity contribution in [3.8, 4) is 0 Å². The van der Waals surface area contributed by atoms with E-state index in [1.165, 1.54) is 30.3 Å². The molecule has 8 heteroatoms. The van der Waals surface area contributed by atoms with Gasteiger partial charge in [-0.2, -0.15) is 0 Å². The first-order valence-corrected chi connectivity index (χ1v) is 12.1. The Hall–Kier alpha value is -2.13. The molecule has 3 atom stereocenters. The van der Waals surface area contributed by atoms with Crippen LogP contribution in [-0.2, 0) is 15.6 Å². The molecule has 31 heavy (non-hydrogen) atoms. The monoisotopic (exact) mass is 446 g/mol. The predicted molar refractivity (Wildman–Crippen MR) is 115 cm³/mol. The Bertz CT molecular complexity index is 1070. The second kappa shape index (κ2) is 8.43. The van der Waals surface area contributed by atoms with Crippen molar-refractivity contribution in [3.05, 3.63) is 65.5 Å². The Labute approximate surface area is 182 Å². The summed E-state index contributed by atoms with van der Waals surface area (Å²) in [6, 6.07) is 11.1. The van der Waals surface area contributed by atoms with Crippen molar-refractivity contribution in [1.82, 2.24) is 9.62 Å². The molecule has 1 saturated heterocycles. The molecule has 3 unspecified atom stereocenters. The predicted octanol–water partition coefficient (Wildman–Crippen LogP) is 2.82. The lowest BCUT2D eigenvalue weighted by atomic mass is 9.81. The molecular formula is C23H27FN2O4S. The summed E-state index contributed by atoms with van der Waals surface area (Å²) in [6.07, 6.45) is 2.93. The van der Waals surface area contributed by atoms with Gasteiger partial charge in [0.2, 0.25) is 10.0 Å². The minimum Gasteiger partial charge on any atom is -0.382 e. The number of likely N-dealkylation sites (tertiary alicyclic amines) is 1. The highest BCUT2D eigenvalue weighted by Crippen LogP contribution is 2.39. The van der Waals surface area contributed by atoms with Gasteiger partial charge in [0.25, 0.3) is 0 Å². The van der Waals surface area contributed by atoms with Gasteiger partial charge in [-0.15, -0.1) is 0 Å². The van der Waals surface area contributed by atoms with Gasteiger partial charge in [-0.3, -0.25) is 9.69 Å². The summed E-state index contributed by atoms with van der Waals surface area (Å²) in [7, 11) is -3.69.